The maximum absolute atomic E-state index is 13.3. The molecule has 1 atom stereocenters. The number of benzene rings is 1. The van der Waals surface area contributed by atoms with Gasteiger partial charge in [-0.05, 0) is 30.7 Å². The van der Waals surface area contributed by atoms with E-state index >= 15 is 0 Å². The monoisotopic (exact) mass is 313 g/mol. The highest BCUT2D eigenvalue weighted by Gasteiger charge is 2.12. The van der Waals surface area contributed by atoms with Crippen molar-refractivity contribution in [3.8, 4) is 11.4 Å². The third-order valence-corrected chi connectivity index (χ3v) is 2.97. The molecule has 0 aliphatic carbocycles. The topological polar surface area (TPSA) is 64.9 Å². The van der Waals surface area contributed by atoms with E-state index in [0.717, 1.165) is 0 Å². The molecule has 2 N–H and O–H groups in total. The summed E-state index contributed by atoms with van der Waals surface area (Å²) >= 11 is 3.23. The van der Waals surface area contributed by atoms with E-state index in [0.29, 0.717) is 34.7 Å². The normalized spacial score (nSPS) is 12.7. The number of nitrogens with zero attached hydrogens (tertiary/aromatic N) is 2. The van der Waals surface area contributed by atoms with Crippen LogP contribution in [0.1, 0.15) is 12.8 Å². The second-order valence-electron chi connectivity index (χ2n) is 4.21. The molecular formula is C12H13BrFN3O. The van der Waals surface area contributed by atoms with E-state index in [1.807, 2.05) is 6.92 Å². The van der Waals surface area contributed by atoms with Crippen molar-refractivity contribution in [1.29, 1.82) is 0 Å². The van der Waals surface area contributed by atoms with Gasteiger partial charge in [0.25, 0.3) is 0 Å². The Balaban J connectivity index is 2.23. The molecule has 6 heteroatoms. The third-order valence-electron chi connectivity index (χ3n) is 2.51. The standard InChI is InChI=1S/C12H13BrFN3O/c1-7(6-15)2-11-16-12(17-18-11)8-3-9(13)5-10(14)4-8/h3-5,7H,2,6,15H2,1H3. The van der Waals surface area contributed by atoms with Gasteiger partial charge in [-0.3, -0.25) is 0 Å². The maximum atomic E-state index is 13.3. The number of rotatable bonds is 4. The quantitative estimate of drug-likeness (QED) is 0.942. The van der Waals surface area contributed by atoms with Gasteiger partial charge in [-0.1, -0.05) is 28.0 Å². The van der Waals surface area contributed by atoms with Crippen molar-refractivity contribution < 1.29 is 8.91 Å². The Morgan fingerprint density at radius 2 is 2.22 bits per heavy atom. The minimum absolute atomic E-state index is 0.276. The Labute approximate surface area is 113 Å². The number of hydrogen-bond donors (Lipinski definition) is 1. The van der Waals surface area contributed by atoms with E-state index in [9.17, 15) is 4.39 Å². The Kier molecular flexibility index (Phi) is 4.08. The number of hydrogen-bond acceptors (Lipinski definition) is 4. The first-order chi connectivity index (χ1) is 8.58. The van der Waals surface area contributed by atoms with E-state index in [1.54, 1.807) is 6.07 Å². The Hall–Kier alpha value is -1.27. The minimum atomic E-state index is -0.346. The third kappa shape index (κ3) is 3.14. The largest absolute Gasteiger partial charge is 0.339 e. The highest BCUT2D eigenvalue weighted by molar-refractivity contribution is 9.10. The first kappa shape index (κ1) is 13.2. The van der Waals surface area contributed by atoms with E-state index in [4.69, 9.17) is 10.3 Å². The zero-order chi connectivity index (χ0) is 13.1. The van der Waals surface area contributed by atoms with Crippen LogP contribution in [0.3, 0.4) is 0 Å². The van der Waals surface area contributed by atoms with Gasteiger partial charge in [0.1, 0.15) is 5.82 Å². The fraction of sp³-hybridized carbons (Fsp3) is 0.333. The van der Waals surface area contributed by atoms with Gasteiger partial charge < -0.3 is 10.3 Å². The van der Waals surface area contributed by atoms with Gasteiger partial charge in [0.15, 0.2) is 0 Å². The molecule has 96 valence electrons. The van der Waals surface area contributed by atoms with Crippen LogP contribution in [-0.4, -0.2) is 16.7 Å². The molecule has 0 saturated heterocycles. The summed E-state index contributed by atoms with van der Waals surface area (Å²) in [4.78, 5) is 4.23. The maximum Gasteiger partial charge on any atom is 0.227 e. The summed E-state index contributed by atoms with van der Waals surface area (Å²) in [6, 6.07) is 4.48. The first-order valence-electron chi connectivity index (χ1n) is 5.57. The van der Waals surface area contributed by atoms with E-state index in [1.165, 1.54) is 12.1 Å². The van der Waals surface area contributed by atoms with Crippen LogP contribution in [-0.2, 0) is 6.42 Å². The van der Waals surface area contributed by atoms with E-state index in [2.05, 4.69) is 26.1 Å². The average Bonchev–Trinajstić information content (AvgIpc) is 2.76. The van der Waals surface area contributed by atoms with Crippen LogP contribution in [0.15, 0.2) is 27.2 Å². The van der Waals surface area contributed by atoms with Crippen LogP contribution >= 0.6 is 15.9 Å². The minimum Gasteiger partial charge on any atom is -0.339 e. The molecule has 1 aromatic carbocycles. The molecule has 0 bridgehead atoms. The predicted octanol–water partition coefficient (Wildman–Crippen LogP) is 2.78. The SMILES string of the molecule is CC(CN)Cc1nc(-c2cc(F)cc(Br)c2)no1. The summed E-state index contributed by atoms with van der Waals surface area (Å²) < 4.78 is 19.0. The molecule has 0 fully saturated rings. The second-order valence-corrected chi connectivity index (χ2v) is 5.13. The van der Waals surface area contributed by atoms with Crippen LogP contribution in [0, 0.1) is 11.7 Å². The van der Waals surface area contributed by atoms with Crippen molar-refractivity contribution in [2.24, 2.45) is 11.7 Å². The Morgan fingerprint density at radius 3 is 2.89 bits per heavy atom. The molecule has 0 radical (unpaired) electrons. The summed E-state index contributed by atoms with van der Waals surface area (Å²) in [6.07, 6.45) is 0.625. The van der Waals surface area contributed by atoms with Crippen molar-refractivity contribution >= 4 is 15.9 Å². The lowest BCUT2D eigenvalue weighted by molar-refractivity contribution is 0.360. The van der Waals surface area contributed by atoms with Gasteiger partial charge in [-0.15, -0.1) is 0 Å². The predicted molar refractivity (Wildman–Crippen MR) is 69.3 cm³/mol. The summed E-state index contributed by atoms with van der Waals surface area (Å²) in [6.45, 7) is 2.56. The van der Waals surface area contributed by atoms with Gasteiger partial charge >= 0.3 is 0 Å². The molecule has 2 aromatic rings. The molecule has 1 heterocycles. The van der Waals surface area contributed by atoms with Crippen LogP contribution in [0.4, 0.5) is 4.39 Å². The zero-order valence-corrected chi connectivity index (χ0v) is 11.4. The van der Waals surface area contributed by atoms with Crippen molar-refractivity contribution in [3.05, 3.63) is 34.4 Å². The molecule has 0 saturated carbocycles. The lowest BCUT2D eigenvalue weighted by atomic mass is 10.1. The second kappa shape index (κ2) is 5.58. The lowest BCUT2D eigenvalue weighted by Gasteiger charge is -2.02. The van der Waals surface area contributed by atoms with E-state index in [-0.39, 0.29) is 11.7 Å². The molecule has 0 aliphatic heterocycles. The van der Waals surface area contributed by atoms with Crippen LogP contribution in [0.5, 0.6) is 0 Å². The zero-order valence-electron chi connectivity index (χ0n) is 9.86. The Bertz CT molecular complexity index is 524. The van der Waals surface area contributed by atoms with Gasteiger partial charge in [0, 0.05) is 16.5 Å². The number of halogens is 2. The molecule has 0 aliphatic rings. The molecule has 4 nitrogen and oxygen atoms in total. The van der Waals surface area contributed by atoms with E-state index < -0.39 is 0 Å². The lowest BCUT2D eigenvalue weighted by Crippen LogP contribution is -2.13. The number of nitrogens with two attached hydrogens (primary N) is 1. The highest BCUT2D eigenvalue weighted by Crippen LogP contribution is 2.22. The fourth-order valence-electron chi connectivity index (χ4n) is 1.52. The highest BCUT2D eigenvalue weighted by atomic mass is 79.9. The summed E-state index contributed by atoms with van der Waals surface area (Å²) in [5.74, 6) is 0.830. The molecule has 0 amide bonds. The van der Waals surface area contributed by atoms with Crippen LogP contribution in [0.25, 0.3) is 11.4 Å². The molecule has 18 heavy (non-hydrogen) atoms. The van der Waals surface area contributed by atoms with Crippen LogP contribution in [0.2, 0.25) is 0 Å². The van der Waals surface area contributed by atoms with Gasteiger partial charge in [0.05, 0.1) is 0 Å². The smallest absolute Gasteiger partial charge is 0.227 e. The summed E-state index contributed by atoms with van der Waals surface area (Å²) in [5.41, 5.74) is 6.11. The van der Waals surface area contributed by atoms with Gasteiger partial charge in [-0.25, -0.2) is 4.39 Å². The van der Waals surface area contributed by atoms with Crippen molar-refractivity contribution in [3.63, 3.8) is 0 Å². The molecule has 1 aromatic heterocycles. The van der Waals surface area contributed by atoms with Crippen molar-refractivity contribution in [2.45, 2.75) is 13.3 Å². The Morgan fingerprint density at radius 1 is 1.44 bits per heavy atom. The molecular weight excluding hydrogens is 301 g/mol. The summed E-state index contributed by atoms with van der Waals surface area (Å²) in [5, 5.41) is 3.84. The first-order valence-corrected chi connectivity index (χ1v) is 6.37. The fourth-order valence-corrected chi connectivity index (χ4v) is 1.98. The molecule has 0 spiro atoms. The average molecular weight is 314 g/mol. The van der Waals surface area contributed by atoms with Crippen LogP contribution < -0.4 is 5.73 Å². The summed E-state index contributed by atoms with van der Waals surface area (Å²) in [7, 11) is 0. The molecule has 1 unspecified atom stereocenters. The van der Waals surface area contributed by atoms with Crippen molar-refractivity contribution in [1.82, 2.24) is 10.1 Å². The number of aromatic nitrogens is 2. The molecule has 2 rings (SSSR count). The van der Waals surface area contributed by atoms with Gasteiger partial charge in [0.2, 0.25) is 11.7 Å². The van der Waals surface area contributed by atoms with Gasteiger partial charge in [-0.2, -0.15) is 4.98 Å². The van der Waals surface area contributed by atoms with Crippen molar-refractivity contribution in [2.75, 3.05) is 6.54 Å².